The second kappa shape index (κ2) is 10.5. The molecule has 1 N–H and O–H groups in total. The molecular weight excluding hydrogens is 443 g/mol. The molecule has 0 heterocycles. The molecule has 6 nitrogen and oxygen atoms in total. The predicted octanol–water partition coefficient (Wildman–Crippen LogP) is 4.68. The van der Waals surface area contributed by atoms with Gasteiger partial charge in [-0.2, -0.15) is 0 Å². The molecule has 0 unspecified atom stereocenters. The van der Waals surface area contributed by atoms with Gasteiger partial charge in [0.15, 0.2) is 0 Å². The first-order chi connectivity index (χ1) is 15.7. The van der Waals surface area contributed by atoms with Crippen molar-refractivity contribution in [2.75, 3.05) is 17.7 Å². The first-order valence-electron chi connectivity index (χ1n) is 10.5. The average molecular weight is 471 g/mol. The number of hydrogen-bond donors (Lipinski definition) is 1. The van der Waals surface area contributed by atoms with Gasteiger partial charge in [-0.15, -0.1) is 0 Å². The molecular formula is C25H27FN2O4S. The van der Waals surface area contributed by atoms with E-state index in [4.69, 9.17) is 4.74 Å². The molecule has 3 rings (SSSR count). The number of ether oxygens (including phenoxy) is 1. The summed E-state index contributed by atoms with van der Waals surface area (Å²) >= 11 is 0. The fourth-order valence-electron chi connectivity index (χ4n) is 3.43. The normalized spacial score (nSPS) is 12.1. The lowest BCUT2D eigenvalue weighted by atomic mass is 10.0. The van der Waals surface area contributed by atoms with Crippen LogP contribution in [-0.2, 0) is 16.6 Å². The van der Waals surface area contributed by atoms with E-state index in [0.29, 0.717) is 23.2 Å². The van der Waals surface area contributed by atoms with Crippen LogP contribution in [0.4, 0.5) is 10.1 Å². The lowest BCUT2D eigenvalue weighted by Crippen LogP contribution is -2.30. The standard InChI is InChI=1S/C25H27FN2O4S/c1-4-24(19-9-15-23(32-2)16-10-19)27-25(29)20-7-13-22(14-8-20)28(33(3,30)31)17-18-5-11-21(26)12-6-18/h5-16,24H,4,17H2,1-3H3,(H,27,29)/t24-/m0/s1. The van der Waals surface area contributed by atoms with E-state index in [1.54, 1.807) is 43.5 Å². The molecule has 0 radical (unpaired) electrons. The summed E-state index contributed by atoms with van der Waals surface area (Å²) in [5.74, 6) is 0.0975. The topological polar surface area (TPSA) is 75.7 Å². The van der Waals surface area contributed by atoms with E-state index < -0.39 is 10.0 Å². The van der Waals surface area contributed by atoms with Gasteiger partial charge in [0.2, 0.25) is 10.0 Å². The molecule has 3 aromatic rings. The van der Waals surface area contributed by atoms with Crippen molar-refractivity contribution in [2.24, 2.45) is 0 Å². The van der Waals surface area contributed by atoms with Crippen LogP contribution in [0.5, 0.6) is 5.75 Å². The summed E-state index contributed by atoms with van der Waals surface area (Å²) in [7, 11) is -2.00. The summed E-state index contributed by atoms with van der Waals surface area (Å²) in [5.41, 5.74) is 2.45. The van der Waals surface area contributed by atoms with Crippen LogP contribution in [0.3, 0.4) is 0 Å². The fraction of sp³-hybridized carbons (Fsp3) is 0.240. The highest BCUT2D eigenvalue weighted by Gasteiger charge is 2.19. The fourth-order valence-corrected chi connectivity index (χ4v) is 4.32. The first kappa shape index (κ1) is 24.3. The maximum Gasteiger partial charge on any atom is 0.251 e. The van der Waals surface area contributed by atoms with Crippen LogP contribution in [-0.4, -0.2) is 27.7 Å². The van der Waals surface area contributed by atoms with Crippen molar-refractivity contribution in [3.8, 4) is 5.75 Å². The Bertz CT molecular complexity index is 1180. The minimum absolute atomic E-state index is 0.0556. The van der Waals surface area contributed by atoms with Crippen molar-refractivity contribution >= 4 is 21.6 Å². The van der Waals surface area contributed by atoms with Crippen molar-refractivity contribution in [2.45, 2.75) is 25.9 Å². The van der Waals surface area contributed by atoms with Crippen molar-refractivity contribution in [1.82, 2.24) is 5.32 Å². The molecule has 3 aromatic carbocycles. The van der Waals surface area contributed by atoms with Crippen LogP contribution in [0.2, 0.25) is 0 Å². The zero-order valence-electron chi connectivity index (χ0n) is 18.8. The Hall–Kier alpha value is -3.39. The van der Waals surface area contributed by atoms with E-state index >= 15 is 0 Å². The van der Waals surface area contributed by atoms with Crippen LogP contribution in [0, 0.1) is 5.82 Å². The number of benzene rings is 3. The van der Waals surface area contributed by atoms with Gasteiger partial charge in [0.25, 0.3) is 5.91 Å². The van der Waals surface area contributed by atoms with E-state index in [0.717, 1.165) is 17.6 Å². The second-order valence-corrected chi connectivity index (χ2v) is 9.56. The highest BCUT2D eigenvalue weighted by molar-refractivity contribution is 7.92. The second-order valence-electron chi connectivity index (χ2n) is 7.65. The average Bonchev–Trinajstić information content (AvgIpc) is 2.81. The summed E-state index contributed by atoms with van der Waals surface area (Å²) < 4.78 is 44.3. The molecule has 1 amide bonds. The molecule has 0 fully saturated rings. The summed E-state index contributed by atoms with van der Waals surface area (Å²) in [4.78, 5) is 12.8. The minimum atomic E-state index is -3.60. The molecule has 174 valence electrons. The first-order valence-corrected chi connectivity index (χ1v) is 12.3. The van der Waals surface area contributed by atoms with Gasteiger partial charge in [-0.1, -0.05) is 31.2 Å². The predicted molar refractivity (Wildman–Crippen MR) is 127 cm³/mol. The van der Waals surface area contributed by atoms with Gasteiger partial charge in [0, 0.05) is 5.56 Å². The number of amides is 1. The van der Waals surface area contributed by atoms with Gasteiger partial charge < -0.3 is 10.1 Å². The Labute approximate surface area is 194 Å². The van der Waals surface area contributed by atoms with Gasteiger partial charge in [0.05, 0.1) is 31.6 Å². The monoisotopic (exact) mass is 470 g/mol. The van der Waals surface area contributed by atoms with Gasteiger partial charge in [-0.3, -0.25) is 9.10 Å². The molecule has 0 aromatic heterocycles. The van der Waals surface area contributed by atoms with Gasteiger partial charge in [0.1, 0.15) is 11.6 Å². The number of nitrogens with zero attached hydrogens (tertiary/aromatic N) is 1. The Kier molecular flexibility index (Phi) is 7.71. The maximum absolute atomic E-state index is 13.2. The molecule has 33 heavy (non-hydrogen) atoms. The smallest absolute Gasteiger partial charge is 0.251 e. The highest BCUT2D eigenvalue weighted by atomic mass is 32.2. The maximum atomic E-state index is 13.2. The Morgan fingerprint density at radius 3 is 2.12 bits per heavy atom. The molecule has 0 aliphatic carbocycles. The van der Waals surface area contributed by atoms with Crippen LogP contribution in [0.15, 0.2) is 72.8 Å². The Morgan fingerprint density at radius 1 is 1.00 bits per heavy atom. The molecule has 0 spiro atoms. The van der Waals surface area contributed by atoms with Gasteiger partial charge >= 0.3 is 0 Å². The van der Waals surface area contributed by atoms with Crippen LogP contribution < -0.4 is 14.4 Å². The quantitative estimate of drug-likeness (QED) is 0.493. The number of hydrogen-bond acceptors (Lipinski definition) is 4. The molecule has 0 aliphatic rings. The SMILES string of the molecule is CC[C@H](NC(=O)c1ccc(N(Cc2ccc(F)cc2)S(C)(=O)=O)cc1)c1ccc(OC)cc1. The summed E-state index contributed by atoms with van der Waals surface area (Å²) in [5, 5.41) is 3.01. The molecule has 8 heteroatoms. The molecule has 0 saturated carbocycles. The summed E-state index contributed by atoms with van der Waals surface area (Å²) in [6, 6.07) is 19.4. The third kappa shape index (κ3) is 6.32. The van der Waals surface area contributed by atoms with E-state index in [1.807, 2.05) is 31.2 Å². The van der Waals surface area contributed by atoms with Crippen molar-refractivity contribution < 1.29 is 22.3 Å². The van der Waals surface area contributed by atoms with Crippen LogP contribution >= 0.6 is 0 Å². The van der Waals surface area contributed by atoms with E-state index in [1.165, 1.54) is 16.4 Å². The molecule has 0 aliphatic heterocycles. The number of carbonyl (C=O) groups excluding carboxylic acids is 1. The Morgan fingerprint density at radius 2 is 1.61 bits per heavy atom. The van der Waals surface area contributed by atoms with E-state index in [2.05, 4.69) is 5.32 Å². The molecule has 0 bridgehead atoms. The lowest BCUT2D eigenvalue weighted by molar-refractivity contribution is 0.0935. The van der Waals surface area contributed by atoms with Crippen molar-refractivity contribution in [1.29, 1.82) is 0 Å². The van der Waals surface area contributed by atoms with Gasteiger partial charge in [-0.05, 0) is 66.1 Å². The van der Waals surface area contributed by atoms with Crippen molar-refractivity contribution in [3.05, 3.63) is 95.3 Å². The molecule has 0 saturated heterocycles. The minimum Gasteiger partial charge on any atom is -0.497 e. The van der Waals surface area contributed by atoms with E-state index in [9.17, 15) is 17.6 Å². The summed E-state index contributed by atoms with van der Waals surface area (Å²) in [6.45, 7) is 2.04. The van der Waals surface area contributed by atoms with Crippen molar-refractivity contribution in [3.63, 3.8) is 0 Å². The molecule has 1 atom stereocenters. The number of methoxy groups -OCH3 is 1. The zero-order chi connectivity index (χ0) is 24.0. The number of halogens is 1. The lowest BCUT2D eigenvalue weighted by Gasteiger charge is -2.23. The van der Waals surface area contributed by atoms with Gasteiger partial charge in [-0.25, -0.2) is 12.8 Å². The number of nitrogens with one attached hydrogen (secondary N) is 1. The number of rotatable bonds is 9. The zero-order valence-corrected chi connectivity index (χ0v) is 19.6. The summed E-state index contributed by atoms with van der Waals surface area (Å²) in [6.07, 6.45) is 1.81. The number of sulfonamides is 1. The number of carbonyl (C=O) groups is 1. The largest absolute Gasteiger partial charge is 0.497 e. The third-order valence-electron chi connectivity index (χ3n) is 5.29. The Balaban J connectivity index is 1.76. The van der Waals surface area contributed by atoms with E-state index in [-0.39, 0.29) is 24.3 Å². The van der Waals surface area contributed by atoms with Crippen LogP contribution in [0.25, 0.3) is 0 Å². The third-order valence-corrected chi connectivity index (χ3v) is 6.43. The van der Waals surface area contributed by atoms with Crippen LogP contribution in [0.1, 0.15) is 40.9 Å². The number of anilines is 1. The highest BCUT2D eigenvalue weighted by Crippen LogP contribution is 2.23.